The zero-order valence-corrected chi connectivity index (χ0v) is 10.2. The standard InChI is InChI=1S/C13H11N3S/c1-8-16-11-7-9(4-5-12(11)17-8)13-10(14)3-2-6-15-13/h2-7H,14H2,1H3. The van der Waals surface area contributed by atoms with Crippen molar-refractivity contribution in [1.82, 2.24) is 9.97 Å². The molecule has 0 bridgehead atoms. The van der Waals surface area contributed by atoms with Crippen molar-refractivity contribution in [2.24, 2.45) is 0 Å². The van der Waals surface area contributed by atoms with Crippen LogP contribution >= 0.6 is 11.3 Å². The number of benzene rings is 1. The Balaban J connectivity index is 2.21. The number of aromatic nitrogens is 2. The van der Waals surface area contributed by atoms with Crippen LogP contribution in [-0.2, 0) is 0 Å². The van der Waals surface area contributed by atoms with Gasteiger partial charge in [-0.3, -0.25) is 4.98 Å². The summed E-state index contributed by atoms with van der Waals surface area (Å²) >= 11 is 1.70. The molecule has 3 rings (SSSR count). The highest BCUT2D eigenvalue weighted by Crippen LogP contribution is 2.28. The lowest BCUT2D eigenvalue weighted by Gasteiger charge is -2.03. The molecule has 0 fully saturated rings. The Hall–Kier alpha value is -1.94. The summed E-state index contributed by atoms with van der Waals surface area (Å²) in [5, 5.41) is 1.08. The number of nitrogen functional groups attached to an aromatic ring is 1. The Morgan fingerprint density at radius 1 is 1.24 bits per heavy atom. The van der Waals surface area contributed by atoms with Crippen LogP contribution in [0, 0.1) is 6.92 Å². The first-order valence-electron chi connectivity index (χ1n) is 5.32. The van der Waals surface area contributed by atoms with Crippen molar-refractivity contribution in [3.05, 3.63) is 41.5 Å². The molecule has 17 heavy (non-hydrogen) atoms. The van der Waals surface area contributed by atoms with E-state index in [9.17, 15) is 0 Å². The first-order valence-corrected chi connectivity index (χ1v) is 6.14. The summed E-state index contributed by atoms with van der Waals surface area (Å²) in [5.41, 5.74) is 9.46. The van der Waals surface area contributed by atoms with Crippen LogP contribution < -0.4 is 5.73 Å². The predicted octanol–water partition coefficient (Wildman–Crippen LogP) is 3.25. The molecule has 0 aliphatic carbocycles. The van der Waals surface area contributed by atoms with Gasteiger partial charge in [-0.1, -0.05) is 6.07 Å². The van der Waals surface area contributed by atoms with Gasteiger partial charge in [0.25, 0.3) is 0 Å². The number of fused-ring (bicyclic) bond motifs is 1. The molecule has 2 aromatic heterocycles. The minimum absolute atomic E-state index is 0.693. The first kappa shape index (κ1) is 10.2. The highest BCUT2D eigenvalue weighted by Gasteiger charge is 2.06. The number of nitrogens with two attached hydrogens (primary N) is 1. The zero-order chi connectivity index (χ0) is 11.8. The van der Waals surface area contributed by atoms with Gasteiger partial charge in [-0.15, -0.1) is 11.3 Å². The van der Waals surface area contributed by atoms with E-state index in [2.05, 4.69) is 16.0 Å². The SMILES string of the molecule is Cc1nc2cc(-c3ncccc3N)ccc2s1. The summed E-state index contributed by atoms with van der Waals surface area (Å²) < 4.78 is 1.20. The smallest absolute Gasteiger partial charge is 0.0931 e. The molecule has 0 unspecified atom stereocenters. The molecule has 1 aromatic carbocycles. The van der Waals surface area contributed by atoms with Gasteiger partial charge in [-0.25, -0.2) is 4.98 Å². The molecule has 3 nitrogen and oxygen atoms in total. The van der Waals surface area contributed by atoms with Gasteiger partial charge in [-0.2, -0.15) is 0 Å². The van der Waals surface area contributed by atoms with Crippen LogP contribution in [-0.4, -0.2) is 9.97 Å². The minimum atomic E-state index is 0.693. The number of hydrogen-bond donors (Lipinski definition) is 1. The number of hydrogen-bond acceptors (Lipinski definition) is 4. The molecule has 0 aliphatic rings. The van der Waals surface area contributed by atoms with Crippen molar-refractivity contribution >= 4 is 27.2 Å². The number of anilines is 1. The van der Waals surface area contributed by atoms with E-state index in [1.165, 1.54) is 4.70 Å². The average Bonchev–Trinajstić information content (AvgIpc) is 2.68. The highest BCUT2D eigenvalue weighted by molar-refractivity contribution is 7.18. The third-order valence-corrected chi connectivity index (χ3v) is 3.56. The Bertz CT molecular complexity index is 688. The van der Waals surface area contributed by atoms with Crippen molar-refractivity contribution in [2.45, 2.75) is 6.92 Å². The van der Waals surface area contributed by atoms with Crippen molar-refractivity contribution in [3.63, 3.8) is 0 Å². The monoisotopic (exact) mass is 241 g/mol. The van der Waals surface area contributed by atoms with E-state index in [1.54, 1.807) is 17.5 Å². The maximum absolute atomic E-state index is 5.92. The Morgan fingerprint density at radius 2 is 2.12 bits per heavy atom. The fraction of sp³-hybridized carbons (Fsp3) is 0.0769. The van der Waals surface area contributed by atoms with Crippen LogP contribution in [0.4, 0.5) is 5.69 Å². The van der Waals surface area contributed by atoms with Crippen LogP contribution in [0.2, 0.25) is 0 Å². The van der Waals surface area contributed by atoms with Gasteiger partial charge >= 0.3 is 0 Å². The summed E-state index contributed by atoms with van der Waals surface area (Å²) in [6.07, 6.45) is 1.75. The van der Waals surface area contributed by atoms with Gasteiger partial charge < -0.3 is 5.73 Å². The van der Waals surface area contributed by atoms with Gasteiger partial charge in [0.05, 0.1) is 26.6 Å². The molecule has 3 aromatic rings. The summed E-state index contributed by atoms with van der Waals surface area (Å²) in [5.74, 6) is 0. The molecule has 0 amide bonds. The van der Waals surface area contributed by atoms with Crippen molar-refractivity contribution in [3.8, 4) is 11.3 Å². The second kappa shape index (κ2) is 3.82. The van der Waals surface area contributed by atoms with Crippen molar-refractivity contribution in [2.75, 3.05) is 5.73 Å². The molecule has 2 N–H and O–H groups in total. The zero-order valence-electron chi connectivity index (χ0n) is 9.34. The summed E-state index contributed by atoms with van der Waals surface area (Å²) in [6, 6.07) is 9.85. The number of rotatable bonds is 1. The lowest BCUT2D eigenvalue weighted by molar-refractivity contribution is 1.32. The van der Waals surface area contributed by atoms with E-state index in [1.807, 2.05) is 31.2 Å². The highest BCUT2D eigenvalue weighted by atomic mass is 32.1. The Kier molecular flexibility index (Phi) is 2.30. The van der Waals surface area contributed by atoms with Gasteiger partial charge in [-0.05, 0) is 31.2 Å². The molecule has 0 saturated heterocycles. The number of nitrogens with zero attached hydrogens (tertiary/aromatic N) is 2. The molecular weight excluding hydrogens is 230 g/mol. The van der Waals surface area contributed by atoms with E-state index in [4.69, 9.17) is 5.73 Å². The summed E-state index contributed by atoms with van der Waals surface area (Å²) in [6.45, 7) is 2.01. The second-order valence-electron chi connectivity index (χ2n) is 3.86. The van der Waals surface area contributed by atoms with Gasteiger partial charge in [0.2, 0.25) is 0 Å². The molecular formula is C13H11N3S. The van der Waals surface area contributed by atoms with Crippen LogP contribution in [0.5, 0.6) is 0 Å². The van der Waals surface area contributed by atoms with Crippen molar-refractivity contribution < 1.29 is 0 Å². The van der Waals surface area contributed by atoms with Crippen LogP contribution in [0.25, 0.3) is 21.5 Å². The fourth-order valence-corrected chi connectivity index (χ4v) is 2.66. The Labute approximate surface area is 103 Å². The van der Waals surface area contributed by atoms with E-state index in [0.29, 0.717) is 5.69 Å². The lowest BCUT2D eigenvalue weighted by Crippen LogP contribution is -1.92. The molecule has 0 aliphatic heterocycles. The number of aryl methyl sites for hydroxylation is 1. The maximum atomic E-state index is 5.92. The molecule has 84 valence electrons. The fourth-order valence-electron chi connectivity index (χ4n) is 1.85. The van der Waals surface area contributed by atoms with E-state index in [-0.39, 0.29) is 0 Å². The third kappa shape index (κ3) is 1.76. The lowest BCUT2D eigenvalue weighted by atomic mass is 10.1. The van der Waals surface area contributed by atoms with E-state index >= 15 is 0 Å². The quantitative estimate of drug-likeness (QED) is 0.711. The molecule has 0 atom stereocenters. The van der Waals surface area contributed by atoms with Crippen molar-refractivity contribution in [1.29, 1.82) is 0 Å². The topological polar surface area (TPSA) is 51.8 Å². The average molecular weight is 241 g/mol. The normalized spacial score (nSPS) is 10.9. The number of pyridine rings is 1. The number of thiazole rings is 1. The molecule has 4 heteroatoms. The largest absolute Gasteiger partial charge is 0.397 e. The van der Waals surface area contributed by atoms with Gasteiger partial charge in [0, 0.05) is 11.8 Å². The predicted molar refractivity (Wildman–Crippen MR) is 72.0 cm³/mol. The van der Waals surface area contributed by atoms with Gasteiger partial charge in [0.1, 0.15) is 0 Å². The molecule has 0 radical (unpaired) electrons. The van der Waals surface area contributed by atoms with E-state index in [0.717, 1.165) is 21.8 Å². The summed E-state index contributed by atoms with van der Waals surface area (Å²) in [4.78, 5) is 8.79. The minimum Gasteiger partial charge on any atom is -0.397 e. The van der Waals surface area contributed by atoms with Crippen LogP contribution in [0.3, 0.4) is 0 Å². The summed E-state index contributed by atoms with van der Waals surface area (Å²) in [7, 11) is 0. The first-order chi connectivity index (χ1) is 8.24. The van der Waals surface area contributed by atoms with E-state index < -0.39 is 0 Å². The molecule has 2 heterocycles. The third-order valence-electron chi connectivity index (χ3n) is 2.61. The molecule has 0 spiro atoms. The maximum Gasteiger partial charge on any atom is 0.0931 e. The van der Waals surface area contributed by atoms with Crippen LogP contribution in [0.15, 0.2) is 36.5 Å². The Morgan fingerprint density at radius 3 is 2.94 bits per heavy atom. The second-order valence-corrected chi connectivity index (χ2v) is 5.09. The van der Waals surface area contributed by atoms with Gasteiger partial charge in [0.15, 0.2) is 0 Å². The molecule has 0 saturated carbocycles. The van der Waals surface area contributed by atoms with Crippen LogP contribution in [0.1, 0.15) is 5.01 Å².